The maximum Gasteiger partial charge on any atom is 0.270 e. The number of ether oxygens (including phenoxy) is 1. The Bertz CT molecular complexity index is 904. The number of benzene rings is 1. The van der Waals surface area contributed by atoms with Crippen LogP contribution in [0.5, 0.6) is 0 Å². The highest BCUT2D eigenvalue weighted by molar-refractivity contribution is 7.98. The molecule has 1 aromatic carbocycles. The Labute approximate surface area is 171 Å². The van der Waals surface area contributed by atoms with Crippen LogP contribution in [0.4, 0.5) is 5.13 Å². The van der Waals surface area contributed by atoms with Gasteiger partial charge in [-0.2, -0.15) is 0 Å². The minimum Gasteiger partial charge on any atom is -0.379 e. The second kappa shape index (κ2) is 8.70. The molecule has 5 nitrogen and oxygen atoms in total. The highest BCUT2D eigenvalue weighted by Crippen LogP contribution is 2.32. The van der Waals surface area contributed by atoms with Gasteiger partial charge in [-0.25, -0.2) is 4.98 Å². The maximum atomic E-state index is 13.1. The third kappa shape index (κ3) is 4.35. The number of carbonyl (C=O) groups is 1. The molecule has 3 heterocycles. The molecule has 0 spiro atoms. The molecule has 0 saturated carbocycles. The molecule has 4 rings (SSSR count). The molecule has 1 aliphatic heterocycles. The summed E-state index contributed by atoms with van der Waals surface area (Å²) in [4.78, 5) is 24.0. The van der Waals surface area contributed by atoms with E-state index < -0.39 is 0 Å². The normalized spacial score (nSPS) is 15.3. The Hall–Kier alpha value is -1.45. The van der Waals surface area contributed by atoms with Gasteiger partial charge in [-0.3, -0.25) is 14.6 Å². The summed E-state index contributed by atoms with van der Waals surface area (Å²) in [6.45, 7) is 4.81. The zero-order valence-corrected chi connectivity index (χ0v) is 17.5. The monoisotopic (exact) mass is 419 g/mol. The maximum absolute atomic E-state index is 13.1. The van der Waals surface area contributed by atoms with Gasteiger partial charge in [0.15, 0.2) is 5.13 Å². The van der Waals surface area contributed by atoms with Crippen LogP contribution in [0.25, 0.3) is 10.2 Å². The number of thiazole rings is 1. The van der Waals surface area contributed by atoms with E-state index in [2.05, 4.69) is 23.3 Å². The van der Waals surface area contributed by atoms with Crippen molar-refractivity contribution in [2.45, 2.75) is 4.90 Å². The molecular weight excluding hydrogens is 398 g/mol. The van der Waals surface area contributed by atoms with E-state index in [0.29, 0.717) is 6.54 Å². The lowest BCUT2D eigenvalue weighted by atomic mass is 10.3. The zero-order chi connectivity index (χ0) is 18.6. The molecule has 27 heavy (non-hydrogen) atoms. The average molecular weight is 420 g/mol. The molecule has 0 radical (unpaired) electrons. The van der Waals surface area contributed by atoms with Crippen molar-refractivity contribution in [3.8, 4) is 0 Å². The molecule has 3 aromatic rings. The standard InChI is InChI=1S/C19H21N3O2S3/c1-25-14-4-5-15-17(13-14)27-19(20-15)22(18(23)16-3-2-12-26-16)7-6-21-8-10-24-11-9-21/h2-5,12-13H,6-11H2,1H3. The lowest BCUT2D eigenvalue weighted by Crippen LogP contribution is -2.43. The number of nitrogens with zero attached hydrogens (tertiary/aromatic N) is 3. The van der Waals surface area contributed by atoms with Gasteiger partial charge in [0.25, 0.3) is 5.91 Å². The summed E-state index contributed by atoms with van der Waals surface area (Å²) >= 11 is 4.78. The van der Waals surface area contributed by atoms with Crippen LogP contribution in [0, 0.1) is 0 Å². The quantitative estimate of drug-likeness (QED) is 0.564. The average Bonchev–Trinajstić information content (AvgIpc) is 3.38. The lowest BCUT2D eigenvalue weighted by molar-refractivity contribution is 0.0391. The van der Waals surface area contributed by atoms with Crippen molar-refractivity contribution in [3.63, 3.8) is 0 Å². The van der Waals surface area contributed by atoms with E-state index in [0.717, 1.165) is 53.1 Å². The van der Waals surface area contributed by atoms with Crippen molar-refractivity contribution < 1.29 is 9.53 Å². The number of thiophene rings is 1. The molecule has 2 aromatic heterocycles. The first-order valence-electron chi connectivity index (χ1n) is 8.84. The number of anilines is 1. The first-order valence-corrected chi connectivity index (χ1v) is 11.8. The van der Waals surface area contributed by atoms with Crippen LogP contribution in [0.3, 0.4) is 0 Å². The number of hydrogen-bond donors (Lipinski definition) is 0. The van der Waals surface area contributed by atoms with Crippen LogP contribution >= 0.6 is 34.4 Å². The summed E-state index contributed by atoms with van der Waals surface area (Å²) in [6.07, 6.45) is 2.07. The van der Waals surface area contributed by atoms with Gasteiger partial charge < -0.3 is 4.74 Å². The van der Waals surface area contributed by atoms with E-state index in [1.807, 2.05) is 28.5 Å². The van der Waals surface area contributed by atoms with Gasteiger partial charge in [0.1, 0.15) is 0 Å². The third-order valence-electron chi connectivity index (χ3n) is 4.54. The van der Waals surface area contributed by atoms with Crippen LogP contribution in [-0.2, 0) is 4.74 Å². The molecule has 1 aliphatic rings. The van der Waals surface area contributed by atoms with Gasteiger partial charge in [0.2, 0.25) is 0 Å². The molecule has 0 N–H and O–H groups in total. The molecule has 0 atom stereocenters. The van der Waals surface area contributed by atoms with E-state index in [-0.39, 0.29) is 5.91 Å². The van der Waals surface area contributed by atoms with Gasteiger partial charge in [-0.1, -0.05) is 17.4 Å². The number of rotatable bonds is 6. The Morgan fingerprint density at radius 3 is 2.93 bits per heavy atom. The van der Waals surface area contributed by atoms with Crippen LogP contribution < -0.4 is 4.90 Å². The molecule has 8 heteroatoms. The van der Waals surface area contributed by atoms with Crippen LogP contribution in [-0.4, -0.2) is 61.4 Å². The molecule has 0 bridgehead atoms. The third-order valence-corrected chi connectivity index (χ3v) is 7.16. The van der Waals surface area contributed by atoms with Gasteiger partial charge in [0, 0.05) is 31.1 Å². The fourth-order valence-electron chi connectivity index (χ4n) is 3.02. The van der Waals surface area contributed by atoms with Gasteiger partial charge in [0.05, 0.1) is 28.3 Å². The van der Waals surface area contributed by atoms with E-state index >= 15 is 0 Å². The Balaban J connectivity index is 1.61. The largest absolute Gasteiger partial charge is 0.379 e. The molecular formula is C19H21N3O2S3. The Morgan fingerprint density at radius 1 is 1.33 bits per heavy atom. The topological polar surface area (TPSA) is 45.7 Å². The van der Waals surface area contributed by atoms with Gasteiger partial charge in [-0.15, -0.1) is 23.1 Å². The Kier molecular flexibility index (Phi) is 6.09. The number of amides is 1. The van der Waals surface area contributed by atoms with E-state index in [1.54, 1.807) is 23.1 Å². The number of aromatic nitrogens is 1. The summed E-state index contributed by atoms with van der Waals surface area (Å²) in [7, 11) is 0. The predicted molar refractivity (Wildman–Crippen MR) is 115 cm³/mol. The lowest BCUT2D eigenvalue weighted by Gasteiger charge is -2.29. The molecule has 1 amide bonds. The first kappa shape index (κ1) is 18.9. The molecule has 1 saturated heterocycles. The fraction of sp³-hybridized carbons (Fsp3) is 0.368. The molecule has 1 fully saturated rings. The van der Waals surface area contributed by atoms with Crippen molar-refractivity contribution >= 4 is 55.7 Å². The number of hydrogen-bond acceptors (Lipinski definition) is 7. The van der Waals surface area contributed by atoms with Crippen LogP contribution in [0.2, 0.25) is 0 Å². The van der Waals surface area contributed by atoms with Crippen molar-refractivity contribution in [2.75, 3.05) is 50.5 Å². The zero-order valence-electron chi connectivity index (χ0n) is 15.1. The van der Waals surface area contributed by atoms with Gasteiger partial charge >= 0.3 is 0 Å². The van der Waals surface area contributed by atoms with Crippen molar-refractivity contribution in [1.29, 1.82) is 0 Å². The number of thioether (sulfide) groups is 1. The minimum atomic E-state index is 0.0300. The summed E-state index contributed by atoms with van der Waals surface area (Å²) in [5.41, 5.74) is 0.947. The summed E-state index contributed by atoms with van der Waals surface area (Å²) in [5.74, 6) is 0.0300. The second-order valence-electron chi connectivity index (χ2n) is 6.22. The summed E-state index contributed by atoms with van der Waals surface area (Å²) < 4.78 is 6.54. The summed E-state index contributed by atoms with van der Waals surface area (Å²) in [5, 5.41) is 2.71. The number of fused-ring (bicyclic) bond motifs is 1. The number of morpholine rings is 1. The van der Waals surface area contributed by atoms with Gasteiger partial charge in [-0.05, 0) is 35.9 Å². The highest BCUT2D eigenvalue weighted by atomic mass is 32.2. The number of carbonyl (C=O) groups excluding carboxylic acids is 1. The molecule has 0 aliphatic carbocycles. The van der Waals surface area contributed by atoms with Crippen LogP contribution in [0.1, 0.15) is 9.67 Å². The predicted octanol–water partition coefficient (Wildman–Crippen LogP) is 4.06. The van der Waals surface area contributed by atoms with Crippen molar-refractivity contribution in [2.24, 2.45) is 0 Å². The minimum absolute atomic E-state index is 0.0300. The SMILES string of the molecule is CSc1ccc2nc(N(CCN3CCOCC3)C(=O)c3cccs3)sc2c1. The van der Waals surface area contributed by atoms with E-state index in [9.17, 15) is 4.79 Å². The first-order chi connectivity index (χ1) is 13.2. The highest BCUT2D eigenvalue weighted by Gasteiger charge is 2.23. The molecule has 142 valence electrons. The second-order valence-corrected chi connectivity index (χ2v) is 9.05. The van der Waals surface area contributed by atoms with Crippen LogP contribution in [0.15, 0.2) is 40.6 Å². The Morgan fingerprint density at radius 2 is 2.19 bits per heavy atom. The smallest absolute Gasteiger partial charge is 0.270 e. The van der Waals surface area contributed by atoms with E-state index in [4.69, 9.17) is 9.72 Å². The summed E-state index contributed by atoms with van der Waals surface area (Å²) in [6, 6.07) is 10.1. The molecule has 0 unspecified atom stereocenters. The van der Waals surface area contributed by atoms with Crippen molar-refractivity contribution in [3.05, 3.63) is 40.6 Å². The fourth-order valence-corrected chi connectivity index (χ4v) is 5.23. The van der Waals surface area contributed by atoms with Crippen molar-refractivity contribution in [1.82, 2.24) is 9.88 Å². The van der Waals surface area contributed by atoms with E-state index in [1.165, 1.54) is 16.2 Å².